The average Bonchev–Trinajstić information content (AvgIpc) is 2.54. The minimum Gasteiger partial charge on any atom is -0.354 e. The van der Waals surface area contributed by atoms with Crippen molar-refractivity contribution in [3.63, 3.8) is 0 Å². The lowest BCUT2D eigenvalue weighted by Gasteiger charge is -2.43. The van der Waals surface area contributed by atoms with Crippen LogP contribution in [0.4, 0.5) is 0 Å². The number of piperidine rings is 1. The van der Waals surface area contributed by atoms with Gasteiger partial charge < -0.3 is 11.1 Å². The molecule has 0 aromatic heterocycles. The first-order chi connectivity index (χ1) is 10.9. The Bertz CT molecular complexity index is 388. The summed E-state index contributed by atoms with van der Waals surface area (Å²) in [5.41, 5.74) is 6.11. The molecule has 1 unspecified atom stereocenters. The van der Waals surface area contributed by atoms with Crippen LogP contribution in [0.25, 0.3) is 0 Å². The van der Waals surface area contributed by atoms with Crippen LogP contribution in [0.3, 0.4) is 0 Å². The summed E-state index contributed by atoms with van der Waals surface area (Å²) in [6, 6.07) is 0. The fraction of sp³-hybridized carbons (Fsp3) is 0.947. The van der Waals surface area contributed by atoms with Gasteiger partial charge in [0, 0.05) is 25.0 Å². The molecule has 23 heavy (non-hydrogen) atoms. The standard InChI is InChI=1S/C19H37N3O/c1-16-8-7-11-22(13-16)18(2,3)15-21-17(23)12-19(14-20)9-5-4-6-10-19/h16H,4-15,20H2,1-3H3,(H,21,23). The quantitative estimate of drug-likeness (QED) is 0.790. The lowest BCUT2D eigenvalue weighted by molar-refractivity contribution is -0.124. The third-order valence-corrected chi connectivity index (χ3v) is 6.11. The molecule has 4 heteroatoms. The molecule has 0 radical (unpaired) electrons. The summed E-state index contributed by atoms with van der Waals surface area (Å²) in [6.45, 7) is 10.5. The van der Waals surface area contributed by atoms with E-state index in [0.29, 0.717) is 13.0 Å². The molecule has 0 aromatic rings. The largest absolute Gasteiger partial charge is 0.354 e. The normalized spacial score (nSPS) is 26.0. The summed E-state index contributed by atoms with van der Waals surface area (Å²) in [4.78, 5) is 15.0. The van der Waals surface area contributed by atoms with Gasteiger partial charge in [0.1, 0.15) is 0 Å². The predicted octanol–water partition coefficient (Wildman–Crippen LogP) is 2.91. The van der Waals surface area contributed by atoms with Crippen molar-refractivity contribution in [1.82, 2.24) is 10.2 Å². The maximum absolute atomic E-state index is 12.5. The number of amides is 1. The Hall–Kier alpha value is -0.610. The van der Waals surface area contributed by atoms with Gasteiger partial charge in [-0.15, -0.1) is 0 Å². The Morgan fingerprint density at radius 2 is 1.96 bits per heavy atom. The number of carbonyl (C=O) groups excluding carboxylic acids is 1. The van der Waals surface area contributed by atoms with E-state index in [2.05, 4.69) is 31.0 Å². The second-order valence-corrected chi connectivity index (χ2v) is 8.72. The molecule has 0 bridgehead atoms. The molecule has 0 spiro atoms. The van der Waals surface area contributed by atoms with Crippen molar-refractivity contribution in [1.29, 1.82) is 0 Å². The molecule has 1 aliphatic heterocycles. The van der Waals surface area contributed by atoms with Crippen LogP contribution in [0.15, 0.2) is 0 Å². The van der Waals surface area contributed by atoms with Crippen molar-refractivity contribution in [2.75, 3.05) is 26.2 Å². The van der Waals surface area contributed by atoms with E-state index in [9.17, 15) is 4.79 Å². The Labute approximate surface area is 142 Å². The van der Waals surface area contributed by atoms with Gasteiger partial charge in [-0.2, -0.15) is 0 Å². The van der Waals surface area contributed by atoms with E-state index >= 15 is 0 Å². The Kier molecular flexibility index (Phi) is 6.49. The SMILES string of the molecule is CC1CCCN(C(C)(C)CNC(=O)CC2(CN)CCCCC2)C1. The molecular formula is C19H37N3O. The molecule has 134 valence electrons. The number of nitrogens with two attached hydrogens (primary N) is 1. The number of hydrogen-bond donors (Lipinski definition) is 2. The Morgan fingerprint density at radius 1 is 1.26 bits per heavy atom. The first-order valence-corrected chi connectivity index (χ1v) is 9.59. The molecule has 3 N–H and O–H groups in total. The zero-order chi connectivity index (χ0) is 16.9. The van der Waals surface area contributed by atoms with Crippen LogP contribution >= 0.6 is 0 Å². The zero-order valence-electron chi connectivity index (χ0n) is 15.5. The number of likely N-dealkylation sites (tertiary alicyclic amines) is 1. The second-order valence-electron chi connectivity index (χ2n) is 8.72. The fourth-order valence-corrected chi connectivity index (χ4v) is 4.32. The van der Waals surface area contributed by atoms with Crippen molar-refractivity contribution in [3.05, 3.63) is 0 Å². The summed E-state index contributed by atoms with van der Waals surface area (Å²) >= 11 is 0. The van der Waals surface area contributed by atoms with E-state index in [0.717, 1.165) is 38.4 Å². The Morgan fingerprint density at radius 3 is 2.57 bits per heavy atom. The molecule has 1 saturated heterocycles. The van der Waals surface area contributed by atoms with E-state index in [1.807, 2.05) is 0 Å². The van der Waals surface area contributed by atoms with Crippen molar-refractivity contribution in [2.24, 2.45) is 17.1 Å². The van der Waals surface area contributed by atoms with E-state index in [1.54, 1.807) is 0 Å². The predicted molar refractivity (Wildman–Crippen MR) is 96.2 cm³/mol. The molecular weight excluding hydrogens is 286 g/mol. The van der Waals surface area contributed by atoms with Gasteiger partial charge in [0.15, 0.2) is 0 Å². The second kappa shape index (κ2) is 7.98. The van der Waals surface area contributed by atoms with E-state index in [-0.39, 0.29) is 16.9 Å². The fourth-order valence-electron chi connectivity index (χ4n) is 4.32. The smallest absolute Gasteiger partial charge is 0.220 e. The van der Waals surface area contributed by atoms with Crippen LogP contribution in [0.2, 0.25) is 0 Å². The Balaban J connectivity index is 1.82. The number of nitrogens with one attached hydrogen (secondary N) is 1. The summed E-state index contributed by atoms with van der Waals surface area (Å²) in [6.07, 6.45) is 9.18. The molecule has 2 aliphatic rings. The van der Waals surface area contributed by atoms with Gasteiger partial charge >= 0.3 is 0 Å². The number of rotatable bonds is 6. The molecule has 0 aromatic carbocycles. The van der Waals surface area contributed by atoms with Crippen molar-refractivity contribution in [2.45, 2.75) is 77.7 Å². The molecule has 2 rings (SSSR count). The average molecular weight is 324 g/mol. The van der Waals surface area contributed by atoms with Gasteiger partial charge in [-0.25, -0.2) is 0 Å². The van der Waals surface area contributed by atoms with E-state index in [4.69, 9.17) is 5.73 Å². The highest BCUT2D eigenvalue weighted by molar-refractivity contribution is 5.76. The van der Waals surface area contributed by atoms with Crippen LogP contribution in [0.1, 0.15) is 72.1 Å². The van der Waals surface area contributed by atoms with Crippen LogP contribution < -0.4 is 11.1 Å². The number of hydrogen-bond acceptors (Lipinski definition) is 3. The summed E-state index contributed by atoms with van der Waals surface area (Å²) in [5, 5.41) is 3.21. The van der Waals surface area contributed by atoms with Crippen molar-refractivity contribution >= 4 is 5.91 Å². The van der Waals surface area contributed by atoms with Crippen molar-refractivity contribution < 1.29 is 4.79 Å². The molecule has 2 fully saturated rings. The minimum atomic E-state index is 0.0345. The highest BCUT2D eigenvalue weighted by Crippen LogP contribution is 2.38. The number of nitrogens with zero attached hydrogens (tertiary/aromatic N) is 1. The van der Waals surface area contributed by atoms with Crippen LogP contribution in [0.5, 0.6) is 0 Å². The highest BCUT2D eigenvalue weighted by atomic mass is 16.1. The molecule has 1 saturated carbocycles. The maximum atomic E-state index is 12.5. The monoisotopic (exact) mass is 323 g/mol. The molecule has 4 nitrogen and oxygen atoms in total. The first-order valence-electron chi connectivity index (χ1n) is 9.59. The van der Waals surface area contributed by atoms with Crippen LogP contribution in [-0.2, 0) is 4.79 Å². The number of carbonyl (C=O) groups is 1. The lowest BCUT2D eigenvalue weighted by atomic mass is 9.71. The van der Waals surface area contributed by atoms with E-state index < -0.39 is 0 Å². The molecule has 1 amide bonds. The zero-order valence-corrected chi connectivity index (χ0v) is 15.5. The lowest BCUT2D eigenvalue weighted by Crippen LogP contribution is -2.55. The van der Waals surface area contributed by atoms with Crippen LogP contribution in [-0.4, -0.2) is 42.5 Å². The molecule has 1 heterocycles. The third-order valence-electron chi connectivity index (χ3n) is 6.11. The highest BCUT2D eigenvalue weighted by Gasteiger charge is 2.34. The topological polar surface area (TPSA) is 58.4 Å². The van der Waals surface area contributed by atoms with Gasteiger partial charge in [0.25, 0.3) is 0 Å². The van der Waals surface area contributed by atoms with Gasteiger partial charge in [0.2, 0.25) is 5.91 Å². The van der Waals surface area contributed by atoms with Gasteiger partial charge in [0.05, 0.1) is 0 Å². The minimum absolute atomic E-state index is 0.0345. The third kappa shape index (κ3) is 5.18. The molecule has 1 aliphatic carbocycles. The van der Waals surface area contributed by atoms with Gasteiger partial charge in [-0.05, 0) is 64.0 Å². The van der Waals surface area contributed by atoms with E-state index in [1.165, 1.54) is 32.1 Å². The summed E-state index contributed by atoms with van der Waals surface area (Å²) in [5.74, 6) is 0.956. The first kappa shape index (κ1) is 18.7. The van der Waals surface area contributed by atoms with Gasteiger partial charge in [-0.3, -0.25) is 9.69 Å². The summed E-state index contributed by atoms with van der Waals surface area (Å²) < 4.78 is 0. The maximum Gasteiger partial charge on any atom is 0.220 e. The molecule has 1 atom stereocenters. The summed E-state index contributed by atoms with van der Waals surface area (Å²) in [7, 11) is 0. The van der Waals surface area contributed by atoms with Gasteiger partial charge in [-0.1, -0.05) is 26.2 Å². The van der Waals surface area contributed by atoms with Crippen molar-refractivity contribution in [3.8, 4) is 0 Å². The van der Waals surface area contributed by atoms with Crippen LogP contribution in [0, 0.1) is 11.3 Å².